The third-order valence-electron chi connectivity index (χ3n) is 10.7. The van der Waals surface area contributed by atoms with E-state index in [-0.39, 0.29) is 23.3 Å². The molecule has 0 nitrogen and oxygen atoms in total. The van der Waals surface area contributed by atoms with Gasteiger partial charge in [0, 0.05) is 5.56 Å². The number of unbranched alkanes of at least 4 members (excludes halogenated alkanes) is 2. The minimum atomic E-state index is -0.842. The molecule has 39 heavy (non-hydrogen) atoms. The normalized spacial score (nSPS) is 29.9. The van der Waals surface area contributed by atoms with Crippen LogP contribution in [0.4, 0.5) is 17.6 Å². The molecular formula is C35H46F4. The zero-order chi connectivity index (χ0) is 27.4. The monoisotopic (exact) mass is 542 g/mol. The highest BCUT2D eigenvalue weighted by Gasteiger charge is 2.33. The van der Waals surface area contributed by atoms with Gasteiger partial charge in [0.1, 0.15) is 11.6 Å². The summed E-state index contributed by atoms with van der Waals surface area (Å²) >= 11 is 0. The van der Waals surface area contributed by atoms with Crippen molar-refractivity contribution in [3.63, 3.8) is 0 Å². The van der Waals surface area contributed by atoms with Crippen LogP contribution in [-0.2, 0) is 0 Å². The van der Waals surface area contributed by atoms with Gasteiger partial charge in [-0.2, -0.15) is 0 Å². The second kappa shape index (κ2) is 13.2. The summed E-state index contributed by atoms with van der Waals surface area (Å²) in [6.07, 6.45) is 18.2. The summed E-state index contributed by atoms with van der Waals surface area (Å²) in [7, 11) is 0. The third-order valence-corrected chi connectivity index (χ3v) is 10.7. The Balaban J connectivity index is 1.13. The van der Waals surface area contributed by atoms with Crippen molar-refractivity contribution in [3.05, 3.63) is 70.3 Å². The third kappa shape index (κ3) is 6.91. The molecule has 214 valence electrons. The molecule has 3 aliphatic carbocycles. The van der Waals surface area contributed by atoms with Crippen LogP contribution >= 0.6 is 0 Å². The zero-order valence-electron chi connectivity index (χ0n) is 23.7. The molecule has 0 unspecified atom stereocenters. The average Bonchev–Trinajstić information content (AvgIpc) is 2.95. The first-order valence-electron chi connectivity index (χ1n) is 15.9. The van der Waals surface area contributed by atoms with Crippen molar-refractivity contribution in [1.82, 2.24) is 0 Å². The van der Waals surface area contributed by atoms with Crippen LogP contribution in [0.5, 0.6) is 0 Å². The van der Waals surface area contributed by atoms with Gasteiger partial charge in [-0.05, 0) is 135 Å². The lowest BCUT2D eigenvalue weighted by Gasteiger charge is -2.38. The van der Waals surface area contributed by atoms with Crippen LogP contribution in [0.15, 0.2) is 30.3 Å². The van der Waals surface area contributed by atoms with Crippen LogP contribution in [0, 0.1) is 41.0 Å². The van der Waals surface area contributed by atoms with E-state index in [4.69, 9.17) is 0 Å². The first kappa shape index (κ1) is 28.7. The van der Waals surface area contributed by atoms with Crippen molar-refractivity contribution in [3.8, 4) is 0 Å². The largest absolute Gasteiger partial charge is 0.207 e. The zero-order valence-corrected chi connectivity index (χ0v) is 23.7. The number of hydrogen-bond acceptors (Lipinski definition) is 0. The van der Waals surface area contributed by atoms with Gasteiger partial charge in [-0.1, -0.05) is 51.5 Å². The Morgan fingerprint density at radius 3 is 1.64 bits per heavy atom. The Morgan fingerprint density at radius 1 is 0.538 bits per heavy atom. The number of benzene rings is 2. The molecule has 0 amide bonds. The fourth-order valence-electron chi connectivity index (χ4n) is 8.27. The molecule has 4 heteroatoms. The van der Waals surface area contributed by atoms with Crippen molar-refractivity contribution < 1.29 is 17.6 Å². The molecule has 0 heterocycles. The molecule has 3 saturated carbocycles. The maximum atomic E-state index is 15.4. The van der Waals surface area contributed by atoms with Crippen molar-refractivity contribution in [2.24, 2.45) is 17.8 Å². The maximum Gasteiger partial charge on any atom is 0.159 e. The van der Waals surface area contributed by atoms with Crippen LogP contribution in [0.1, 0.15) is 144 Å². The van der Waals surface area contributed by atoms with Gasteiger partial charge < -0.3 is 0 Å². The lowest BCUT2D eigenvalue weighted by Crippen LogP contribution is -2.25. The van der Waals surface area contributed by atoms with Gasteiger partial charge >= 0.3 is 0 Å². The summed E-state index contributed by atoms with van der Waals surface area (Å²) in [5, 5.41) is 0. The molecule has 0 aliphatic heterocycles. The predicted octanol–water partition coefficient (Wildman–Crippen LogP) is 11.3. The summed E-state index contributed by atoms with van der Waals surface area (Å²) in [5.41, 5.74) is 1.84. The van der Waals surface area contributed by atoms with Gasteiger partial charge in [0.05, 0.1) is 0 Å². The van der Waals surface area contributed by atoms with Crippen molar-refractivity contribution in [2.75, 3.05) is 0 Å². The van der Waals surface area contributed by atoms with E-state index in [0.717, 1.165) is 54.6 Å². The number of rotatable bonds is 8. The van der Waals surface area contributed by atoms with Crippen LogP contribution in [0.2, 0.25) is 0 Å². The molecule has 0 spiro atoms. The number of hydrogen-bond donors (Lipinski definition) is 0. The maximum absolute atomic E-state index is 15.4. The van der Waals surface area contributed by atoms with Gasteiger partial charge in [-0.15, -0.1) is 0 Å². The van der Waals surface area contributed by atoms with E-state index in [2.05, 4.69) is 6.92 Å². The molecule has 0 radical (unpaired) electrons. The fraction of sp³-hybridized carbons (Fsp3) is 0.657. The molecule has 3 aliphatic rings. The van der Waals surface area contributed by atoms with Crippen molar-refractivity contribution in [2.45, 2.75) is 127 Å². The lowest BCUT2D eigenvalue weighted by molar-refractivity contribution is 0.155. The van der Waals surface area contributed by atoms with E-state index in [1.807, 2.05) is 0 Å². The quantitative estimate of drug-likeness (QED) is 0.230. The smallest absolute Gasteiger partial charge is 0.159 e. The standard InChI is InChI=1S/C35H46F4/c1-2-3-4-5-23-6-8-24(9-7-23)25-10-12-27(13-11-25)30-21-33(38)35(34(39)22-30)28-16-14-26(15-17-28)29-18-19-31(36)32(37)20-29/h18-28H,2-17H2,1H3. The van der Waals surface area contributed by atoms with Crippen LogP contribution < -0.4 is 0 Å². The van der Waals surface area contributed by atoms with E-state index in [1.165, 1.54) is 76.3 Å². The molecular weight excluding hydrogens is 496 g/mol. The van der Waals surface area contributed by atoms with Gasteiger partial charge in [-0.3, -0.25) is 0 Å². The molecule has 0 saturated heterocycles. The molecule has 2 aromatic carbocycles. The Morgan fingerprint density at radius 2 is 1.05 bits per heavy atom. The van der Waals surface area contributed by atoms with Gasteiger partial charge in [0.25, 0.3) is 0 Å². The highest BCUT2D eigenvalue weighted by Crippen LogP contribution is 2.46. The van der Waals surface area contributed by atoms with Crippen LogP contribution in [0.25, 0.3) is 0 Å². The van der Waals surface area contributed by atoms with E-state index < -0.39 is 23.3 Å². The summed E-state index contributed by atoms with van der Waals surface area (Å²) in [6, 6.07) is 7.30. The molecule has 0 N–H and O–H groups in total. The molecule has 3 fully saturated rings. The Labute approximate surface area is 233 Å². The van der Waals surface area contributed by atoms with E-state index in [9.17, 15) is 8.78 Å². The SMILES string of the molecule is CCCCCC1CCC(C2CCC(c3cc(F)c(C4CCC(c5ccc(F)c(F)c5)CC4)c(F)c3)CC2)CC1. The summed E-state index contributed by atoms with van der Waals surface area (Å²) in [5.74, 6) is 0.314. The summed E-state index contributed by atoms with van der Waals surface area (Å²) in [6.45, 7) is 2.28. The highest BCUT2D eigenvalue weighted by atomic mass is 19.2. The van der Waals surface area contributed by atoms with Gasteiger partial charge in [0.15, 0.2) is 11.6 Å². The first-order chi connectivity index (χ1) is 18.9. The first-order valence-corrected chi connectivity index (χ1v) is 15.9. The highest BCUT2D eigenvalue weighted by molar-refractivity contribution is 5.32. The van der Waals surface area contributed by atoms with E-state index >= 15 is 8.78 Å². The average molecular weight is 543 g/mol. The Kier molecular flexibility index (Phi) is 9.72. The minimum Gasteiger partial charge on any atom is -0.207 e. The van der Waals surface area contributed by atoms with Crippen molar-refractivity contribution >= 4 is 0 Å². The molecule has 0 aromatic heterocycles. The van der Waals surface area contributed by atoms with E-state index in [1.54, 1.807) is 18.2 Å². The predicted molar refractivity (Wildman–Crippen MR) is 151 cm³/mol. The molecule has 5 rings (SSSR count). The second-order valence-corrected chi connectivity index (χ2v) is 13.0. The topological polar surface area (TPSA) is 0 Å². The molecule has 0 bridgehead atoms. The van der Waals surface area contributed by atoms with Crippen LogP contribution in [0.3, 0.4) is 0 Å². The van der Waals surface area contributed by atoms with Gasteiger partial charge in [-0.25, -0.2) is 17.6 Å². The van der Waals surface area contributed by atoms with Crippen molar-refractivity contribution in [1.29, 1.82) is 0 Å². The Hall–Kier alpha value is -1.84. The molecule has 2 aromatic rings. The van der Waals surface area contributed by atoms with Gasteiger partial charge in [0.2, 0.25) is 0 Å². The summed E-state index contributed by atoms with van der Waals surface area (Å²) in [4.78, 5) is 0. The molecule has 0 atom stereocenters. The van der Waals surface area contributed by atoms with E-state index in [0.29, 0.717) is 12.8 Å². The van der Waals surface area contributed by atoms with Crippen LogP contribution in [-0.4, -0.2) is 0 Å². The lowest BCUT2D eigenvalue weighted by atomic mass is 9.68. The second-order valence-electron chi connectivity index (χ2n) is 13.0. The fourth-order valence-corrected chi connectivity index (χ4v) is 8.27. The minimum absolute atomic E-state index is 0.105. The summed E-state index contributed by atoms with van der Waals surface area (Å²) < 4.78 is 57.7. The number of halogens is 4. The Bertz CT molecular complexity index is 1050.